The van der Waals surface area contributed by atoms with E-state index >= 15 is 0 Å². The van der Waals surface area contributed by atoms with Gasteiger partial charge in [-0.05, 0) is 37.8 Å². The van der Waals surface area contributed by atoms with Gasteiger partial charge < -0.3 is 15.2 Å². The number of aliphatic carboxylic acids is 1. The monoisotopic (exact) mass is 274 g/mol. The minimum atomic E-state index is -0.706. The minimum Gasteiger partial charge on any atom is -0.497 e. The smallest absolute Gasteiger partial charge is 0.306 e. The summed E-state index contributed by atoms with van der Waals surface area (Å²) >= 11 is 0. The van der Waals surface area contributed by atoms with Crippen LogP contribution >= 0.6 is 0 Å². The van der Waals surface area contributed by atoms with Crippen molar-refractivity contribution in [2.24, 2.45) is 5.92 Å². The molecular weight excluding hydrogens is 256 g/mol. The zero-order chi connectivity index (χ0) is 14.5. The van der Waals surface area contributed by atoms with Crippen molar-refractivity contribution in [3.05, 3.63) is 23.8 Å². The van der Waals surface area contributed by atoms with E-state index in [9.17, 15) is 4.79 Å². The van der Waals surface area contributed by atoms with Crippen LogP contribution in [0, 0.1) is 17.2 Å². The molecule has 0 heterocycles. The molecule has 0 saturated heterocycles. The predicted molar refractivity (Wildman–Crippen MR) is 74.7 cm³/mol. The molecule has 2 N–H and O–H groups in total. The van der Waals surface area contributed by atoms with Crippen molar-refractivity contribution in [1.29, 1.82) is 5.26 Å². The molecule has 1 aliphatic carbocycles. The number of ether oxygens (including phenoxy) is 1. The van der Waals surface area contributed by atoms with Crippen LogP contribution in [0.4, 0.5) is 5.69 Å². The molecule has 5 heteroatoms. The molecule has 0 spiro atoms. The maximum absolute atomic E-state index is 10.9. The van der Waals surface area contributed by atoms with Crippen molar-refractivity contribution in [1.82, 2.24) is 0 Å². The van der Waals surface area contributed by atoms with Crippen molar-refractivity contribution in [3.8, 4) is 11.8 Å². The molecule has 20 heavy (non-hydrogen) atoms. The molecule has 0 bridgehead atoms. The van der Waals surface area contributed by atoms with Gasteiger partial charge >= 0.3 is 5.97 Å². The molecule has 1 fully saturated rings. The molecule has 0 amide bonds. The molecule has 0 unspecified atom stereocenters. The molecule has 1 aliphatic rings. The number of hydrogen-bond acceptors (Lipinski definition) is 4. The number of carboxylic acids is 1. The molecule has 1 aromatic carbocycles. The molecule has 1 saturated carbocycles. The van der Waals surface area contributed by atoms with E-state index in [0.717, 1.165) is 18.5 Å². The highest BCUT2D eigenvalue weighted by atomic mass is 16.5. The Kier molecular flexibility index (Phi) is 4.46. The molecule has 0 radical (unpaired) electrons. The Morgan fingerprint density at radius 2 is 2.10 bits per heavy atom. The third kappa shape index (κ3) is 3.21. The lowest BCUT2D eigenvalue weighted by atomic mass is 9.86. The number of nitriles is 1. The van der Waals surface area contributed by atoms with Gasteiger partial charge in [0.25, 0.3) is 0 Å². The van der Waals surface area contributed by atoms with E-state index in [2.05, 4.69) is 11.4 Å². The highest BCUT2D eigenvalue weighted by molar-refractivity contribution is 5.70. The quantitative estimate of drug-likeness (QED) is 0.882. The van der Waals surface area contributed by atoms with Crippen LogP contribution in [0.5, 0.6) is 5.75 Å². The fourth-order valence-corrected chi connectivity index (χ4v) is 2.57. The average molecular weight is 274 g/mol. The van der Waals surface area contributed by atoms with Gasteiger partial charge in [-0.15, -0.1) is 0 Å². The summed E-state index contributed by atoms with van der Waals surface area (Å²) in [5, 5.41) is 21.4. The first kappa shape index (κ1) is 14.2. The third-order valence-corrected chi connectivity index (χ3v) is 3.78. The van der Waals surface area contributed by atoms with Gasteiger partial charge in [-0.1, -0.05) is 0 Å². The van der Waals surface area contributed by atoms with Crippen LogP contribution in [0.1, 0.15) is 31.2 Å². The first-order valence-electron chi connectivity index (χ1n) is 6.71. The summed E-state index contributed by atoms with van der Waals surface area (Å²) in [5.41, 5.74) is 1.33. The van der Waals surface area contributed by atoms with Crippen LogP contribution in [0.25, 0.3) is 0 Å². The largest absolute Gasteiger partial charge is 0.497 e. The van der Waals surface area contributed by atoms with Gasteiger partial charge in [0.1, 0.15) is 11.8 Å². The number of carbonyl (C=O) groups is 1. The van der Waals surface area contributed by atoms with Gasteiger partial charge in [0.05, 0.1) is 24.3 Å². The lowest BCUT2D eigenvalue weighted by Gasteiger charge is -2.28. The Balaban J connectivity index is 2.04. The molecule has 0 atom stereocenters. The molecule has 2 rings (SSSR count). The summed E-state index contributed by atoms with van der Waals surface area (Å²) in [6, 6.07) is 7.65. The van der Waals surface area contributed by atoms with E-state index in [4.69, 9.17) is 15.1 Å². The van der Waals surface area contributed by atoms with Gasteiger partial charge in [-0.25, -0.2) is 0 Å². The average Bonchev–Trinajstić information content (AvgIpc) is 2.47. The number of hydrogen-bond donors (Lipinski definition) is 2. The third-order valence-electron chi connectivity index (χ3n) is 3.78. The summed E-state index contributed by atoms with van der Waals surface area (Å²) in [6.45, 7) is 0. The number of nitrogens with one attached hydrogen (secondary N) is 1. The van der Waals surface area contributed by atoms with Crippen LogP contribution in [-0.2, 0) is 4.79 Å². The number of anilines is 1. The number of methoxy groups -OCH3 is 1. The van der Waals surface area contributed by atoms with Crippen molar-refractivity contribution < 1.29 is 14.6 Å². The Hall–Kier alpha value is -2.22. The maximum atomic E-state index is 10.9. The Labute approximate surface area is 118 Å². The first-order chi connectivity index (χ1) is 9.63. The zero-order valence-corrected chi connectivity index (χ0v) is 11.4. The van der Waals surface area contributed by atoms with E-state index in [1.165, 1.54) is 0 Å². The van der Waals surface area contributed by atoms with Gasteiger partial charge in [-0.2, -0.15) is 5.26 Å². The first-order valence-corrected chi connectivity index (χ1v) is 6.71. The molecular formula is C15H18N2O3. The number of benzene rings is 1. The Morgan fingerprint density at radius 1 is 1.40 bits per heavy atom. The van der Waals surface area contributed by atoms with Crippen LogP contribution in [-0.4, -0.2) is 24.2 Å². The standard InChI is InChI=1S/C15H18N2O3/c1-20-13-7-4-11(9-16)14(8-13)17-12-5-2-10(3-6-12)15(18)19/h4,7-8,10,12,17H,2-3,5-6H2,1H3,(H,18,19). The van der Waals surface area contributed by atoms with E-state index < -0.39 is 5.97 Å². The highest BCUT2D eigenvalue weighted by Crippen LogP contribution is 2.29. The van der Waals surface area contributed by atoms with Gasteiger partial charge in [0.15, 0.2) is 0 Å². The van der Waals surface area contributed by atoms with E-state index in [-0.39, 0.29) is 12.0 Å². The lowest BCUT2D eigenvalue weighted by molar-refractivity contribution is -0.142. The van der Waals surface area contributed by atoms with Crippen LogP contribution < -0.4 is 10.1 Å². The van der Waals surface area contributed by atoms with Crippen LogP contribution in [0.2, 0.25) is 0 Å². The Morgan fingerprint density at radius 3 is 2.65 bits per heavy atom. The molecule has 0 aromatic heterocycles. The van der Waals surface area contributed by atoms with Gasteiger partial charge in [0, 0.05) is 12.1 Å². The maximum Gasteiger partial charge on any atom is 0.306 e. The fourth-order valence-electron chi connectivity index (χ4n) is 2.57. The zero-order valence-electron chi connectivity index (χ0n) is 11.4. The van der Waals surface area contributed by atoms with Crippen molar-refractivity contribution in [2.75, 3.05) is 12.4 Å². The molecule has 106 valence electrons. The summed E-state index contributed by atoms with van der Waals surface area (Å²) in [6.07, 6.45) is 2.97. The van der Waals surface area contributed by atoms with Crippen LogP contribution in [0.15, 0.2) is 18.2 Å². The van der Waals surface area contributed by atoms with Crippen molar-refractivity contribution >= 4 is 11.7 Å². The second-order valence-electron chi connectivity index (χ2n) is 5.05. The number of rotatable bonds is 4. The number of nitrogens with zero attached hydrogens (tertiary/aromatic N) is 1. The molecule has 1 aromatic rings. The van der Waals surface area contributed by atoms with E-state index in [1.807, 2.05) is 6.07 Å². The normalized spacial score (nSPS) is 21.8. The van der Waals surface area contributed by atoms with Crippen molar-refractivity contribution in [3.63, 3.8) is 0 Å². The lowest BCUT2D eigenvalue weighted by Crippen LogP contribution is -2.29. The van der Waals surface area contributed by atoms with Crippen molar-refractivity contribution in [2.45, 2.75) is 31.7 Å². The minimum absolute atomic E-state index is 0.213. The number of carboxylic acid groups (broad SMARTS) is 1. The second kappa shape index (κ2) is 6.29. The topological polar surface area (TPSA) is 82.3 Å². The Bertz CT molecular complexity index is 528. The highest BCUT2D eigenvalue weighted by Gasteiger charge is 2.26. The summed E-state index contributed by atoms with van der Waals surface area (Å²) in [5.74, 6) is -0.234. The SMILES string of the molecule is COc1ccc(C#N)c(NC2CCC(C(=O)O)CC2)c1. The summed E-state index contributed by atoms with van der Waals surface area (Å²) in [4.78, 5) is 10.9. The fraction of sp³-hybridized carbons (Fsp3) is 0.467. The van der Waals surface area contributed by atoms with Crippen LogP contribution in [0.3, 0.4) is 0 Å². The van der Waals surface area contributed by atoms with E-state index in [0.29, 0.717) is 24.2 Å². The molecule has 0 aliphatic heterocycles. The molecule has 5 nitrogen and oxygen atoms in total. The van der Waals surface area contributed by atoms with Gasteiger partial charge in [0.2, 0.25) is 0 Å². The summed E-state index contributed by atoms with van der Waals surface area (Å²) in [7, 11) is 1.59. The predicted octanol–water partition coefficient (Wildman–Crippen LogP) is 2.62. The summed E-state index contributed by atoms with van der Waals surface area (Å²) < 4.78 is 5.16. The second-order valence-corrected chi connectivity index (χ2v) is 5.05. The van der Waals surface area contributed by atoms with Gasteiger partial charge in [-0.3, -0.25) is 4.79 Å². The van der Waals surface area contributed by atoms with E-state index in [1.54, 1.807) is 19.2 Å².